The van der Waals surface area contributed by atoms with Gasteiger partial charge >= 0.3 is 5.97 Å². The van der Waals surface area contributed by atoms with Gasteiger partial charge in [0, 0.05) is 17.6 Å². The van der Waals surface area contributed by atoms with Gasteiger partial charge < -0.3 is 9.64 Å². The molecule has 0 aliphatic carbocycles. The fourth-order valence-corrected chi connectivity index (χ4v) is 2.64. The topological polar surface area (TPSA) is 55.3 Å². The first-order chi connectivity index (χ1) is 9.67. The number of hydrogen-bond donors (Lipinski definition) is 0. The van der Waals surface area contributed by atoms with E-state index in [1.54, 1.807) is 12.1 Å². The van der Waals surface area contributed by atoms with E-state index in [1.165, 1.54) is 18.2 Å². The van der Waals surface area contributed by atoms with E-state index in [4.69, 9.17) is 0 Å². The molecule has 2 heterocycles. The van der Waals surface area contributed by atoms with Gasteiger partial charge in [0.15, 0.2) is 11.5 Å². The van der Waals surface area contributed by atoms with Gasteiger partial charge in [0.2, 0.25) is 0 Å². The maximum atomic E-state index is 11.3. The van der Waals surface area contributed by atoms with Crippen LogP contribution in [0.25, 0.3) is 0 Å². The molecule has 0 amide bonds. The normalized spacial score (nSPS) is 13.2. The Morgan fingerprint density at radius 1 is 1.20 bits per heavy atom. The molecule has 0 N–H and O–H groups in total. The summed E-state index contributed by atoms with van der Waals surface area (Å²) >= 11 is 3.48. The minimum atomic E-state index is -0.474. The Morgan fingerprint density at radius 2 is 2.00 bits per heavy atom. The summed E-state index contributed by atoms with van der Waals surface area (Å²) in [6.07, 6.45) is 0. The molecule has 6 heteroatoms. The minimum absolute atomic E-state index is 0.218. The number of anilines is 1. The SMILES string of the molecule is COC(=O)c1ccc(N2Cc3ccc(Br)cc3C2)nn1. The number of rotatable bonds is 2. The van der Waals surface area contributed by atoms with Gasteiger partial charge in [-0.25, -0.2) is 4.79 Å². The smallest absolute Gasteiger partial charge is 0.358 e. The van der Waals surface area contributed by atoms with Crippen LogP contribution >= 0.6 is 15.9 Å². The molecule has 0 unspecified atom stereocenters. The lowest BCUT2D eigenvalue weighted by Gasteiger charge is -2.15. The number of fused-ring (bicyclic) bond motifs is 1. The third-order valence-electron chi connectivity index (χ3n) is 3.26. The van der Waals surface area contributed by atoms with Crippen LogP contribution in [0.1, 0.15) is 21.6 Å². The second-order valence-electron chi connectivity index (χ2n) is 4.54. The summed E-state index contributed by atoms with van der Waals surface area (Å²) in [7, 11) is 1.33. The molecular weight excluding hydrogens is 322 g/mol. The molecular formula is C14H12BrN3O2. The van der Waals surface area contributed by atoms with Gasteiger partial charge in [0.25, 0.3) is 0 Å². The standard InChI is InChI=1S/C14H12BrN3O2/c1-20-14(19)12-4-5-13(17-16-12)18-7-9-2-3-11(15)6-10(9)8-18/h2-6H,7-8H2,1H3. The van der Waals surface area contributed by atoms with Crippen molar-refractivity contribution < 1.29 is 9.53 Å². The van der Waals surface area contributed by atoms with E-state index in [1.807, 2.05) is 6.07 Å². The van der Waals surface area contributed by atoms with Crippen molar-refractivity contribution in [2.24, 2.45) is 0 Å². The van der Waals surface area contributed by atoms with Crippen molar-refractivity contribution in [1.82, 2.24) is 10.2 Å². The van der Waals surface area contributed by atoms with Gasteiger partial charge in [-0.3, -0.25) is 0 Å². The quantitative estimate of drug-likeness (QED) is 0.790. The Bertz CT molecular complexity index is 658. The van der Waals surface area contributed by atoms with Crippen LogP contribution in [0.3, 0.4) is 0 Å². The van der Waals surface area contributed by atoms with Crippen LogP contribution in [0.2, 0.25) is 0 Å². The number of ether oxygens (including phenoxy) is 1. The molecule has 0 atom stereocenters. The number of aromatic nitrogens is 2. The van der Waals surface area contributed by atoms with Crippen molar-refractivity contribution >= 4 is 27.7 Å². The summed E-state index contributed by atoms with van der Waals surface area (Å²) in [6.45, 7) is 1.59. The third kappa shape index (κ3) is 2.38. The Balaban J connectivity index is 1.80. The zero-order valence-corrected chi connectivity index (χ0v) is 12.4. The second kappa shape index (κ2) is 5.20. The molecule has 1 aromatic carbocycles. The van der Waals surface area contributed by atoms with Crippen molar-refractivity contribution in [3.05, 3.63) is 51.6 Å². The highest BCUT2D eigenvalue weighted by Gasteiger charge is 2.21. The number of halogens is 1. The fourth-order valence-electron chi connectivity index (χ4n) is 2.23. The summed E-state index contributed by atoms with van der Waals surface area (Å²) in [6, 6.07) is 9.68. The Hall–Kier alpha value is -1.95. The zero-order valence-electron chi connectivity index (χ0n) is 10.8. The summed E-state index contributed by atoms with van der Waals surface area (Å²) in [5, 5.41) is 8.00. The first-order valence-electron chi connectivity index (χ1n) is 6.11. The van der Waals surface area contributed by atoms with Crippen LogP contribution in [0.5, 0.6) is 0 Å². The van der Waals surface area contributed by atoms with Crippen molar-refractivity contribution in [2.45, 2.75) is 13.1 Å². The second-order valence-corrected chi connectivity index (χ2v) is 5.45. The molecule has 0 saturated carbocycles. The maximum Gasteiger partial charge on any atom is 0.358 e. The van der Waals surface area contributed by atoms with Gasteiger partial charge in [-0.15, -0.1) is 10.2 Å². The van der Waals surface area contributed by atoms with E-state index in [0.717, 1.165) is 23.4 Å². The highest BCUT2D eigenvalue weighted by Crippen LogP contribution is 2.28. The monoisotopic (exact) mass is 333 g/mol. The average molecular weight is 334 g/mol. The minimum Gasteiger partial charge on any atom is -0.464 e. The molecule has 2 aromatic rings. The Kier molecular flexibility index (Phi) is 3.40. The van der Waals surface area contributed by atoms with Crippen LogP contribution in [0, 0.1) is 0 Å². The molecule has 0 radical (unpaired) electrons. The van der Waals surface area contributed by atoms with Crippen LogP contribution in [0.15, 0.2) is 34.8 Å². The third-order valence-corrected chi connectivity index (χ3v) is 3.75. The van der Waals surface area contributed by atoms with Gasteiger partial charge in [0.1, 0.15) is 0 Å². The van der Waals surface area contributed by atoms with Crippen molar-refractivity contribution in [2.75, 3.05) is 12.0 Å². The number of carbonyl (C=O) groups excluding carboxylic acids is 1. The molecule has 1 aliphatic rings. The summed E-state index contributed by atoms with van der Waals surface area (Å²) < 4.78 is 5.68. The molecule has 0 fully saturated rings. The van der Waals surface area contributed by atoms with Gasteiger partial charge in [-0.05, 0) is 35.4 Å². The number of carbonyl (C=O) groups is 1. The summed E-state index contributed by atoms with van der Waals surface area (Å²) in [5.41, 5.74) is 2.78. The van der Waals surface area contributed by atoms with Crippen LogP contribution in [0.4, 0.5) is 5.82 Å². The van der Waals surface area contributed by atoms with E-state index in [2.05, 4.69) is 47.9 Å². The number of hydrogen-bond acceptors (Lipinski definition) is 5. The molecule has 0 saturated heterocycles. The predicted molar refractivity (Wildman–Crippen MR) is 77.4 cm³/mol. The summed E-state index contributed by atoms with van der Waals surface area (Å²) in [5.74, 6) is 0.280. The first-order valence-corrected chi connectivity index (χ1v) is 6.91. The van der Waals surface area contributed by atoms with Gasteiger partial charge in [0.05, 0.1) is 7.11 Å². The molecule has 1 aliphatic heterocycles. The largest absolute Gasteiger partial charge is 0.464 e. The van der Waals surface area contributed by atoms with Crippen LogP contribution in [-0.4, -0.2) is 23.3 Å². The number of nitrogens with zero attached hydrogens (tertiary/aromatic N) is 3. The van der Waals surface area contributed by atoms with Crippen molar-refractivity contribution in [3.8, 4) is 0 Å². The van der Waals surface area contributed by atoms with E-state index >= 15 is 0 Å². The van der Waals surface area contributed by atoms with Crippen LogP contribution < -0.4 is 4.90 Å². The van der Waals surface area contributed by atoms with Gasteiger partial charge in [-0.2, -0.15) is 0 Å². The predicted octanol–water partition coefficient (Wildman–Crippen LogP) is 2.55. The Morgan fingerprint density at radius 3 is 2.70 bits per heavy atom. The lowest BCUT2D eigenvalue weighted by atomic mass is 10.1. The maximum absolute atomic E-state index is 11.3. The van der Waals surface area contributed by atoms with Crippen LogP contribution in [-0.2, 0) is 17.8 Å². The van der Waals surface area contributed by atoms with Gasteiger partial charge in [-0.1, -0.05) is 22.0 Å². The van der Waals surface area contributed by atoms with E-state index in [0.29, 0.717) is 0 Å². The first kappa shape index (κ1) is 13.1. The zero-order chi connectivity index (χ0) is 14.1. The van der Waals surface area contributed by atoms with E-state index < -0.39 is 5.97 Å². The Labute approximate surface area is 124 Å². The highest BCUT2D eigenvalue weighted by molar-refractivity contribution is 9.10. The lowest BCUT2D eigenvalue weighted by molar-refractivity contribution is 0.0592. The molecule has 3 rings (SSSR count). The lowest BCUT2D eigenvalue weighted by Crippen LogP contribution is -2.17. The number of methoxy groups -OCH3 is 1. The van der Waals surface area contributed by atoms with Crippen molar-refractivity contribution in [3.63, 3.8) is 0 Å². The highest BCUT2D eigenvalue weighted by atomic mass is 79.9. The van der Waals surface area contributed by atoms with E-state index in [9.17, 15) is 4.79 Å². The fraction of sp³-hybridized carbons (Fsp3) is 0.214. The summed E-state index contributed by atoms with van der Waals surface area (Å²) in [4.78, 5) is 13.4. The average Bonchev–Trinajstić information content (AvgIpc) is 2.89. The van der Waals surface area contributed by atoms with Crippen molar-refractivity contribution in [1.29, 1.82) is 0 Å². The number of esters is 1. The molecule has 5 nitrogen and oxygen atoms in total. The molecule has 1 aromatic heterocycles. The van der Waals surface area contributed by atoms with E-state index in [-0.39, 0.29) is 5.69 Å². The molecule has 102 valence electrons. The molecule has 20 heavy (non-hydrogen) atoms. The molecule has 0 bridgehead atoms. The number of benzene rings is 1. The molecule has 0 spiro atoms.